The first-order chi connectivity index (χ1) is 9.86. The zero-order valence-electron chi connectivity index (χ0n) is 12.8. The molecule has 1 aromatic heterocycles. The number of nitrogens with one attached hydrogen (secondary N) is 1. The van der Waals surface area contributed by atoms with E-state index >= 15 is 0 Å². The lowest BCUT2D eigenvalue weighted by Gasteiger charge is -2.23. The Morgan fingerprint density at radius 3 is 2.76 bits per heavy atom. The minimum Gasteiger partial charge on any atom is -0.301 e. The van der Waals surface area contributed by atoms with Crippen LogP contribution in [0.5, 0.6) is 0 Å². The van der Waals surface area contributed by atoms with E-state index in [1.165, 1.54) is 27.4 Å². The summed E-state index contributed by atoms with van der Waals surface area (Å²) < 4.78 is 0. The van der Waals surface area contributed by atoms with Gasteiger partial charge >= 0.3 is 0 Å². The van der Waals surface area contributed by atoms with Crippen LogP contribution in [0.15, 0.2) is 34.7 Å². The van der Waals surface area contributed by atoms with Crippen molar-refractivity contribution in [2.75, 3.05) is 11.1 Å². The highest BCUT2D eigenvalue weighted by Gasteiger charge is 2.18. The van der Waals surface area contributed by atoms with Crippen LogP contribution in [0, 0.1) is 6.92 Å². The number of aryl methyl sites for hydroxylation is 1. The summed E-state index contributed by atoms with van der Waals surface area (Å²) in [7, 11) is 0. The number of thioether (sulfide) groups is 1. The summed E-state index contributed by atoms with van der Waals surface area (Å²) in [6.07, 6.45) is 1.69. The van der Waals surface area contributed by atoms with Crippen molar-refractivity contribution in [2.45, 2.75) is 38.0 Å². The Morgan fingerprint density at radius 1 is 1.38 bits per heavy atom. The van der Waals surface area contributed by atoms with Crippen LogP contribution in [0.4, 0.5) is 5.13 Å². The Kier molecular flexibility index (Phi) is 5.06. The minimum absolute atomic E-state index is 0.0173. The summed E-state index contributed by atoms with van der Waals surface area (Å²) >= 11 is 3.01. The molecule has 1 amide bonds. The molecule has 2 rings (SSSR count). The van der Waals surface area contributed by atoms with Gasteiger partial charge in [-0.3, -0.25) is 4.79 Å². The number of benzene rings is 1. The molecule has 0 bridgehead atoms. The van der Waals surface area contributed by atoms with Crippen molar-refractivity contribution < 1.29 is 4.79 Å². The number of carbonyl (C=O) groups excluding carboxylic acids is 1. The smallest absolute Gasteiger partial charge is 0.236 e. The number of aromatic nitrogens is 1. The third kappa shape index (κ3) is 4.58. The van der Waals surface area contributed by atoms with Crippen LogP contribution in [0.2, 0.25) is 0 Å². The van der Waals surface area contributed by atoms with Crippen LogP contribution in [0.1, 0.15) is 31.9 Å². The number of hydrogen-bond acceptors (Lipinski definition) is 4. The molecule has 0 aliphatic heterocycles. The Bertz CT molecular complexity index is 616. The topological polar surface area (TPSA) is 42.0 Å². The number of carbonyl (C=O) groups is 1. The van der Waals surface area contributed by atoms with E-state index in [9.17, 15) is 4.79 Å². The van der Waals surface area contributed by atoms with Crippen LogP contribution >= 0.6 is 23.1 Å². The molecule has 1 aromatic carbocycles. The molecule has 0 atom stereocenters. The van der Waals surface area contributed by atoms with E-state index in [1.54, 1.807) is 18.0 Å². The predicted octanol–water partition coefficient (Wildman–Crippen LogP) is 4.48. The molecular formula is C16H20N2OS2. The van der Waals surface area contributed by atoms with Gasteiger partial charge in [0.25, 0.3) is 0 Å². The lowest BCUT2D eigenvalue weighted by molar-refractivity contribution is -0.113. The number of anilines is 1. The quantitative estimate of drug-likeness (QED) is 0.845. The molecule has 3 nitrogen and oxygen atoms in total. The van der Waals surface area contributed by atoms with Crippen molar-refractivity contribution in [3.63, 3.8) is 0 Å². The SMILES string of the molecule is Cc1ccc(C(C)(C)C)c(SCC(=O)Nc2nccs2)c1. The van der Waals surface area contributed by atoms with Crippen molar-refractivity contribution in [3.05, 3.63) is 40.9 Å². The molecule has 0 spiro atoms. The predicted molar refractivity (Wildman–Crippen MR) is 91.3 cm³/mol. The standard InChI is InChI=1S/C16H20N2OS2/c1-11-5-6-12(16(2,3)4)13(9-11)21-10-14(19)18-15-17-7-8-20-15/h5-9H,10H2,1-4H3,(H,17,18,19). The first-order valence-corrected chi connectivity index (χ1v) is 8.66. The van der Waals surface area contributed by atoms with E-state index in [1.807, 2.05) is 5.38 Å². The molecule has 112 valence electrons. The van der Waals surface area contributed by atoms with Gasteiger partial charge in [-0.25, -0.2) is 4.98 Å². The fourth-order valence-corrected chi connectivity index (χ4v) is 3.66. The van der Waals surface area contributed by atoms with Gasteiger partial charge in [0.1, 0.15) is 0 Å². The van der Waals surface area contributed by atoms with Crippen LogP contribution in [-0.2, 0) is 10.2 Å². The van der Waals surface area contributed by atoms with Crippen LogP contribution < -0.4 is 5.32 Å². The largest absolute Gasteiger partial charge is 0.301 e. The average molecular weight is 320 g/mol. The van der Waals surface area contributed by atoms with Crippen LogP contribution in [0.25, 0.3) is 0 Å². The van der Waals surface area contributed by atoms with Crippen LogP contribution in [0.3, 0.4) is 0 Å². The molecule has 0 aliphatic carbocycles. The van der Waals surface area contributed by atoms with Gasteiger partial charge in [-0.1, -0.05) is 32.9 Å². The minimum atomic E-state index is -0.0173. The van der Waals surface area contributed by atoms with E-state index in [-0.39, 0.29) is 11.3 Å². The monoisotopic (exact) mass is 320 g/mol. The molecule has 0 radical (unpaired) electrons. The molecule has 2 aromatic rings. The van der Waals surface area contributed by atoms with Crippen LogP contribution in [-0.4, -0.2) is 16.6 Å². The summed E-state index contributed by atoms with van der Waals surface area (Å²) in [6.45, 7) is 8.65. The summed E-state index contributed by atoms with van der Waals surface area (Å²) in [5, 5.41) is 5.31. The average Bonchev–Trinajstić information content (AvgIpc) is 2.87. The normalized spacial score (nSPS) is 11.4. The third-order valence-corrected chi connectivity index (χ3v) is 4.73. The molecule has 0 fully saturated rings. The Labute approximate surface area is 134 Å². The highest BCUT2D eigenvalue weighted by atomic mass is 32.2. The van der Waals surface area contributed by atoms with E-state index in [0.717, 1.165) is 0 Å². The van der Waals surface area contributed by atoms with Gasteiger partial charge in [-0.2, -0.15) is 0 Å². The maximum atomic E-state index is 12.0. The molecule has 1 N–H and O–H groups in total. The van der Waals surface area contributed by atoms with Crippen molar-refractivity contribution in [2.24, 2.45) is 0 Å². The maximum Gasteiger partial charge on any atom is 0.236 e. The Hall–Kier alpha value is -1.33. The summed E-state index contributed by atoms with van der Waals surface area (Å²) in [5.41, 5.74) is 2.56. The molecule has 0 saturated heterocycles. The molecule has 1 heterocycles. The fraction of sp³-hybridized carbons (Fsp3) is 0.375. The van der Waals surface area contributed by atoms with E-state index in [4.69, 9.17) is 0 Å². The van der Waals surface area contributed by atoms with Crippen molar-refractivity contribution in [1.82, 2.24) is 4.98 Å². The number of rotatable bonds is 4. The van der Waals surface area contributed by atoms with E-state index < -0.39 is 0 Å². The van der Waals surface area contributed by atoms with Gasteiger partial charge in [-0.15, -0.1) is 23.1 Å². The van der Waals surface area contributed by atoms with Gasteiger partial charge in [0.2, 0.25) is 5.91 Å². The van der Waals surface area contributed by atoms with E-state index in [2.05, 4.69) is 56.2 Å². The van der Waals surface area contributed by atoms with Gasteiger partial charge in [0.05, 0.1) is 5.75 Å². The molecule has 0 saturated carbocycles. The number of nitrogens with zero attached hydrogens (tertiary/aromatic N) is 1. The first kappa shape index (κ1) is 16.0. The fourth-order valence-electron chi connectivity index (χ4n) is 1.95. The molecule has 5 heteroatoms. The summed E-state index contributed by atoms with van der Waals surface area (Å²) in [5.74, 6) is 0.378. The molecule has 0 unspecified atom stereocenters. The van der Waals surface area contributed by atoms with Crippen molar-refractivity contribution in [1.29, 1.82) is 0 Å². The number of hydrogen-bond donors (Lipinski definition) is 1. The van der Waals surface area contributed by atoms with Gasteiger partial charge in [0, 0.05) is 16.5 Å². The lowest BCUT2D eigenvalue weighted by atomic mass is 9.86. The van der Waals surface area contributed by atoms with Gasteiger partial charge < -0.3 is 5.32 Å². The highest BCUT2D eigenvalue weighted by molar-refractivity contribution is 8.00. The molecular weight excluding hydrogens is 300 g/mol. The second-order valence-corrected chi connectivity index (χ2v) is 7.84. The van der Waals surface area contributed by atoms with E-state index in [0.29, 0.717) is 10.9 Å². The molecule has 0 aliphatic rings. The highest BCUT2D eigenvalue weighted by Crippen LogP contribution is 2.33. The Balaban J connectivity index is 2.05. The van der Waals surface area contributed by atoms with Crippen molar-refractivity contribution >= 4 is 34.1 Å². The maximum absolute atomic E-state index is 12.0. The second kappa shape index (κ2) is 6.62. The van der Waals surface area contributed by atoms with Gasteiger partial charge in [-0.05, 0) is 29.5 Å². The zero-order valence-corrected chi connectivity index (χ0v) is 14.4. The summed E-state index contributed by atoms with van der Waals surface area (Å²) in [6, 6.07) is 6.44. The van der Waals surface area contributed by atoms with Crippen molar-refractivity contribution in [3.8, 4) is 0 Å². The summed E-state index contributed by atoms with van der Waals surface area (Å²) in [4.78, 5) is 17.2. The molecule has 21 heavy (non-hydrogen) atoms. The third-order valence-electron chi connectivity index (χ3n) is 2.98. The zero-order chi connectivity index (χ0) is 15.5. The Morgan fingerprint density at radius 2 is 2.14 bits per heavy atom. The lowest BCUT2D eigenvalue weighted by Crippen LogP contribution is -2.16. The second-order valence-electron chi connectivity index (χ2n) is 5.92. The number of thiazole rings is 1. The first-order valence-electron chi connectivity index (χ1n) is 6.79. The number of amides is 1. The van der Waals surface area contributed by atoms with Gasteiger partial charge in [0.15, 0.2) is 5.13 Å².